The zero-order valence-corrected chi connectivity index (χ0v) is 13.7. The van der Waals surface area contributed by atoms with Gasteiger partial charge in [0.05, 0.1) is 20.4 Å². The summed E-state index contributed by atoms with van der Waals surface area (Å²) in [5.41, 5.74) is 6.05. The van der Waals surface area contributed by atoms with Gasteiger partial charge in [-0.05, 0) is 49.2 Å². The highest BCUT2D eigenvalue weighted by Crippen LogP contribution is 2.23. The molecule has 5 heteroatoms. The molecule has 1 N–H and O–H groups in total. The third kappa shape index (κ3) is 4.10. The minimum absolute atomic E-state index is 0.253. The molecule has 0 aliphatic heterocycles. The van der Waals surface area contributed by atoms with Crippen LogP contribution in [-0.4, -0.2) is 26.3 Å². The Morgan fingerprint density at radius 1 is 1.04 bits per heavy atom. The molecule has 2 aromatic carbocycles. The van der Waals surface area contributed by atoms with Gasteiger partial charge >= 0.3 is 0 Å². The average molecular weight is 312 g/mol. The van der Waals surface area contributed by atoms with E-state index in [4.69, 9.17) is 9.47 Å². The SMILES string of the molecule is COc1ccc(/C=N/NC(=O)c2ccc(C)c(C)c2)c(OC)c1. The summed E-state index contributed by atoms with van der Waals surface area (Å²) in [6, 6.07) is 10.9. The number of ether oxygens (including phenoxy) is 2. The summed E-state index contributed by atoms with van der Waals surface area (Å²) in [5, 5.41) is 3.99. The molecule has 1 amide bonds. The molecule has 0 bridgehead atoms. The number of hydrazone groups is 1. The summed E-state index contributed by atoms with van der Waals surface area (Å²) in [6.07, 6.45) is 1.54. The molecule has 0 saturated heterocycles. The Balaban J connectivity index is 2.09. The van der Waals surface area contributed by atoms with Gasteiger partial charge in [0.15, 0.2) is 0 Å². The van der Waals surface area contributed by atoms with E-state index in [0.717, 1.165) is 16.7 Å². The Labute approximate surface area is 135 Å². The van der Waals surface area contributed by atoms with Gasteiger partial charge in [-0.1, -0.05) is 6.07 Å². The number of methoxy groups -OCH3 is 2. The molecule has 0 fully saturated rings. The zero-order chi connectivity index (χ0) is 16.8. The van der Waals surface area contributed by atoms with Crippen molar-refractivity contribution >= 4 is 12.1 Å². The first-order valence-electron chi connectivity index (χ1n) is 7.18. The van der Waals surface area contributed by atoms with Gasteiger partial charge in [0.25, 0.3) is 5.91 Å². The molecule has 0 aliphatic rings. The van der Waals surface area contributed by atoms with Crippen LogP contribution in [0.1, 0.15) is 27.0 Å². The number of hydrogen-bond donors (Lipinski definition) is 1. The normalized spacial score (nSPS) is 10.6. The fourth-order valence-electron chi connectivity index (χ4n) is 2.03. The number of carbonyl (C=O) groups excluding carboxylic acids is 1. The van der Waals surface area contributed by atoms with Crippen LogP contribution in [0.5, 0.6) is 11.5 Å². The summed E-state index contributed by atoms with van der Waals surface area (Å²) in [4.78, 5) is 12.1. The highest BCUT2D eigenvalue weighted by atomic mass is 16.5. The number of hydrogen-bond acceptors (Lipinski definition) is 4. The standard InChI is InChI=1S/C18H20N2O3/c1-12-5-6-14(9-13(12)2)18(21)20-19-11-15-7-8-16(22-3)10-17(15)23-4/h5-11H,1-4H3,(H,20,21)/b19-11+. The number of benzene rings is 2. The molecule has 120 valence electrons. The molecular weight excluding hydrogens is 292 g/mol. The van der Waals surface area contributed by atoms with E-state index < -0.39 is 0 Å². The van der Waals surface area contributed by atoms with Gasteiger partial charge in [-0.3, -0.25) is 4.79 Å². The van der Waals surface area contributed by atoms with Gasteiger partial charge in [0.2, 0.25) is 0 Å². The molecule has 0 radical (unpaired) electrons. The average Bonchev–Trinajstić information content (AvgIpc) is 2.57. The molecule has 2 aromatic rings. The van der Waals surface area contributed by atoms with Crippen molar-refractivity contribution in [3.05, 3.63) is 58.7 Å². The van der Waals surface area contributed by atoms with Gasteiger partial charge in [-0.2, -0.15) is 5.10 Å². The summed E-state index contributed by atoms with van der Waals surface area (Å²) in [6.45, 7) is 3.97. The fourth-order valence-corrected chi connectivity index (χ4v) is 2.03. The lowest BCUT2D eigenvalue weighted by atomic mass is 10.1. The molecule has 2 rings (SSSR count). The van der Waals surface area contributed by atoms with Crippen LogP contribution in [0, 0.1) is 13.8 Å². The quantitative estimate of drug-likeness (QED) is 0.682. The van der Waals surface area contributed by atoms with E-state index in [0.29, 0.717) is 17.1 Å². The molecule has 0 heterocycles. The van der Waals surface area contributed by atoms with Crippen LogP contribution < -0.4 is 14.9 Å². The lowest BCUT2D eigenvalue weighted by Gasteiger charge is -2.07. The van der Waals surface area contributed by atoms with Crippen molar-refractivity contribution in [1.29, 1.82) is 0 Å². The number of rotatable bonds is 5. The smallest absolute Gasteiger partial charge is 0.271 e. The number of aryl methyl sites for hydroxylation is 2. The largest absolute Gasteiger partial charge is 0.497 e. The van der Waals surface area contributed by atoms with E-state index in [2.05, 4.69) is 10.5 Å². The van der Waals surface area contributed by atoms with Crippen molar-refractivity contribution in [2.75, 3.05) is 14.2 Å². The third-order valence-electron chi connectivity index (χ3n) is 3.58. The molecule has 23 heavy (non-hydrogen) atoms. The molecule has 0 saturated carbocycles. The van der Waals surface area contributed by atoms with Crippen LogP contribution >= 0.6 is 0 Å². The van der Waals surface area contributed by atoms with E-state index >= 15 is 0 Å². The second-order valence-corrected chi connectivity index (χ2v) is 5.11. The number of nitrogens with zero attached hydrogens (tertiary/aromatic N) is 1. The molecular formula is C18H20N2O3. The van der Waals surface area contributed by atoms with E-state index in [1.54, 1.807) is 32.4 Å². The Hall–Kier alpha value is -2.82. The Morgan fingerprint density at radius 2 is 1.83 bits per heavy atom. The summed E-state index contributed by atoms with van der Waals surface area (Å²) >= 11 is 0. The van der Waals surface area contributed by atoms with Gasteiger partial charge in [-0.15, -0.1) is 0 Å². The summed E-state index contributed by atoms with van der Waals surface area (Å²) in [5.74, 6) is 1.06. The predicted octanol–water partition coefficient (Wildman–Crippen LogP) is 3.08. The van der Waals surface area contributed by atoms with Crippen LogP contribution in [0.25, 0.3) is 0 Å². The first-order valence-corrected chi connectivity index (χ1v) is 7.18. The van der Waals surface area contributed by atoms with E-state index in [9.17, 15) is 4.79 Å². The topological polar surface area (TPSA) is 59.9 Å². The Morgan fingerprint density at radius 3 is 2.48 bits per heavy atom. The molecule has 5 nitrogen and oxygen atoms in total. The maximum atomic E-state index is 12.1. The first-order chi connectivity index (χ1) is 11.0. The van der Waals surface area contributed by atoms with Crippen LogP contribution in [0.3, 0.4) is 0 Å². The highest BCUT2D eigenvalue weighted by molar-refractivity contribution is 5.95. The maximum absolute atomic E-state index is 12.1. The number of carbonyl (C=O) groups is 1. The minimum atomic E-state index is -0.253. The van der Waals surface area contributed by atoms with Gasteiger partial charge in [0, 0.05) is 17.2 Å². The van der Waals surface area contributed by atoms with Gasteiger partial charge in [0.1, 0.15) is 11.5 Å². The van der Waals surface area contributed by atoms with Crippen molar-refractivity contribution < 1.29 is 14.3 Å². The Kier molecular flexibility index (Phi) is 5.36. The second-order valence-electron chi connectivity index (χ2n) is 5.11. The molecule has 0 spiro atoms. The second kappa shape index (κ2) is 7.45. The van der Waals surface area contributed by atoms with E-state index in [-0.39, 0.29) is 5.91 Å². The first kappa shape index (κ1) is 16.5. The summed E-state index contributed by atoms with van der Waals surface area (Å²) < 4.78 is 10.4. The lowest BCUT2D eigenvalue weighted by molar-refractivity contribution is 0.0955. The van der Waals surface area contributed by atoms with Crippen LogP contribution in [0.2, 0.25) is 0 Å². The van der Waals surface area contributed by atoms with Gasteiger partial charge < -0.3 is 9.47 Å². The monoisotopic (exact) mass is 312 g/mol. The van der Waals surface area contributed by atoms with Crippen LogP contribution in [-0.2, 0) is 0 Å². The highest BCUT2D eigenvalue weighted by Gasteiger charge is 2.06. The van der Waals surface area contributed by atoms with E-state index in [1.807, 2.05) is 32.0 Å². The molecule has 0 atom stereocenters. The maximum Gasteiger partial charge on any atom is 0.271 e. The number of nitrogens with one attached hydrogen (secondary N) is 1. The van der Waals surface area contributed by atoms with Gasteiger partial charge in [-0.25, -0.2) is 5.43 Å². The third-order valence-corrected chi connectivity index (χ3v) is 3.58. The predicted molar refractivity (Wildman–Crippen MR) is 90.5 cm³/mol. The zero-order valence-electron chi connectivity index (χ0n) is 13.7. The van der Waals surface area contributed by atoms with E-state index in [1.165, 1.54) is 6.21 Å². The lowest BCUT2D eigenvalue weighted by Crippen LogP contribution is -2.17. The van der Waals surface area contributed by atoms with Crippen molar-refractivity contribution in [2.45, 2.75) is 13.8 Å². The van der Waals surface area contributed by atoms with Crippen LogP contribution in [0.4, 0.5) is 0 Å². The molecule has 0 unspecified atom stereocenters. The van der Waals surface area contributed by atoms with Crippen molar-refractivity contribution in [3.63, 3.8) is 0 Å². The van der Waals surface area contributed by atoms with Crippen molar-refractivity contribution in [2.24, 2.45) is 5.10 Å². The minimum Gasteiger partial charge on any atom is -0.497 e. The number of amides is 1. The fraction of sp³-hybridized carbons (Fsp3) is 0.222. The van der Waals surface area contributed by atoms with Crippen molar-refractivity contribution in [3.8, 4) is 11.5 Å². The Bertz CT molecular complexity index is 739. The molecule has 0 aliphatic carbocycles. The molecule has 0 aromatic heterocycles. The van der Waals surface area contributed by atoms with Crippen molar-refractivity contribution in [1.82, 2.24) is 5.43 Å². The summed E-state index contributed by atoms with van der Waals surface area (Å²) in [7, 11) is 3.16. The van der Waals surface area contributed by atoms with Crippen LogP contribution in [0.15, 0.2) is 41.5 Å².